The number of hydrogen-bond donors (Lipinski definition) is 2. The molecule has 0 heterocycles. The minimum absolute atomic E-state index is 0.198. The number of rotatable bonds is 5. The van der Waals surface area contributed by atoms with Crippen LogP contribution in [0.15, 0.2) is 39.6 Å². The molecule has 0 aliphatic heterocycles. The summed E-state index contributed by atoms with van der Waals surface area (Å²) in [4.78, 5) is 11.3. The zero-order valence-corrected chi connectivity index (χ0v) is 15.5. The first-order chi connectivity index (χ1) is 12.6. The Morgan fingerprint density at radius 1 is 1.08 bits per heavy atom. The van der Waals surface area contributed by atoms with Crippen molar-refractivity contribution in [3.63, 3.8) is 0 Å². The fourth-order valence-electron chi connectivity index (χ4n) is 4.08. The highest BCUT2D eigenvalue weighted by Gasteiger charge is 2.23. The summed E-state index contributed by atoms with van der Waals surface area (Å²) in [6.45, 7) is 0.198. The number of hydrogen-bond acceptors (Lipinski definition) is 4. The molecule has 0 aromatic heterocycles. The van der Waals surface area contributed by atoms with Gasteiger partial charge in [0, 0.05) is 11.3 Å². The Balaban J connectivity index is 1.61. The second kappa shape index (κ2) is 6.85. The van der Waals surface area contributed by atoms with Crippen LogP contribution in [0.25, 0.3) is 0 Å². The summed E-state index contributed by atoms with van der Waals surface area (Å²) in [5, 5.41) is 9.36. The van der Waals surface area contributed by atoms with E-state index in [1.54, 1.807) is 18.2 Å². The number of nitrogens with two attached hydrogens (primary N) is 1. The second-order valence-electron chi connectivity index (χ2n) is 6.96. The zero-order chi connectivity index (χ0) is 18.1. The van der Waals surface area contributed by atoms with Crippen LogP contribution >= 0.6 is 0 Å². The number of aryl methyl sites for hydroxylation is 2. The molecule has 6 heteroatoms. The van der Waals surface area contributed by atoms with E-state index in [4.69, 9.17) is 5.14 Å². The van der Waals surface area contributed by atoms with Crippen molar-refractivity contribution in [2.75, 3.05) is 12.0 Å². The summed E-state index contributed by atoms with van der Waals surface area (Å²) >= 11 is 0. The van der Waals surface area contributed by atoms with Crippen molar-refractivity contribution >= 4 is 21.9 Å². The molecule has 0 bridgehead atoms. The molecule has 1 unspecified atom stereocenters. The SMILES string of the molecule is NS(=O)(=NCNc1c2c(cc3c1CCC3)CCC2)c1cccc(C=O)c1. The predicted molar refractivity (Wildman–Crippen MR) is 104 cm³/mol. The number of nitrogens with one attached hydrogen (secondary N) is 1. The van der Waals surface area contributed by atoms with Crippen LogP contribution in [-0.4, -0.2) is 17.2 Å². The van der Waals surface area contributed by atoms with Crippen LogP contribution in [0.2, 0.25) is 0 Å². The summed E-state index contributed by atoms with van der Waals surface area (Å²) in [7, 11) is -3.04. The highest BCUT2D eigenvalue weighted by Crippen LogP contribution is 2.38. The smallest absolute Gasteiger partial charge is 0.150 e. The van der Waals surface area contributed by atoms with Crippen molar-refractivity contribution in [1.29, 1.82) is 0 Å². The van der Waals surface area contributed by atoms with Crippen LogP contribution in [0.5, 0.6) is 0 Å². The van der Waals surface area contributed by atoms with Gasteiger partial charge in [0.1, 0.15) is 22.9 Å². The molecule has 2 aromatic carbocycles. The third kappa shape index (κ3) is 3.15. The van der Waals surface area contributed by atoms with Gasteiger partial charge in [0.25, 0.3) is 0 Å². The molecule has 0 fully saturated rings. The summed E-state index contributed by atoms with van der Waals surface area (Å²) in [6.07, 6.45) is 7.55. The molecule has 136 valence electrons. The Labute approximate surface area is 154 Å². The maximum absolute atomic E-state index is 12.8. The van der Waals surface area contributed by atoms with E-state index in [9.17, 15) is 9.00 Å². The van der Waals surface area contributed by atoms with E-state index in [0.717, 1.165) is 25.7 Å². The monoisotopic (exact) mass is 369 g/mol. The van der Waals surface area contributed by atoms with Crippen molar-refractivity contribution < 1.29 is 9.00 Å². The van der Waals surface area contributed by atoms with Gasteiger partial charge < -0.3 is 5.32 Å². The Morgan fingerprint density at radius 2 is 1.77 bits per heavy atom. The molecule has 4 rings (SSSR count). The number of fused-ring (bicyclic) bond motifs is 2. The standard InChI is InChI=1S/C20H23N3O2S/c21-26(25,17-7-1-4-14(10-17)12-24)23-13-22-20-18-8-2-5-15(18)11-16-6-3-9-19(16)20/h1,4,7,10-12,22H,2-3,5-6,8-9,13H2,(H2,21,23,25). The quantitative estimate of drug-likeness (QED) is 0.794. The molecule has 0 saturated heterocycles. The van der Waals surface area contributed by atoms with Gasteiger partial charge in [-0.2, -0.15) is 4.36 Å². The first-order valence-corrected chi connectivity index (χ1v) is 10.6. The van der Waals surface area contributed by atoms with E-state index in [1.165, 1.54) is 46.8 Å². The lowest BCUT2D eigenvalue weighted by atomic mass is 9.99. The van der Waals surface area contributed by atoms with E-state index in [2.05, 4.69) is 15.7 Å². The van der Waals surface area contributed by atoms with E-state index >= 15 is 0 Å². The van der Waals surface area contributed by atoms with Crippen molar-refractivity contribution in [3.05, 3.63) is 58.1 Å². The Bertz CT molecular complexity index is 959. The molecule has 0 amide bonds. The lowest BCUT2D eigenvalue weighted by molar-refractivity contribution is 0.112. The lowest BCUT2D eigenvalue weighted by Gasteiger charge is -2.16. The molecule has 2 aliphatic rings. The maximum atomic E-state index is 12.8. The van der Waals surface area contributed by atoms with Gasteiger partial charge in [0.05, 0.1) is 4.90 Å². The highest BCUT2D eigenvalue weighted by molar-refractivity contribution is 7.91. The molecule has 3 N–H and O–H groups in total. The molecule has 0 saturated carbocycles. The number of anilines is 1. The molecule has 26 heavy (non-hydrogen) atoms. The third-order valence-corrected chi connectivity index (χ3v) is 6.76. The van der Waals surface area contributed by atoms with Crippen molar-refractivity contribution in [2.24, 2.45) is 9.50 Å². The summed E-state index contributed by atoms with van der Waals surface area (Å²) in [5.74, 6) is 0. The number of carbonyl (C=O) groups is 1. The minimum Gasteiger partial charge on any atom is -0.365 e. The number of aldehydes is 1. The third-order valence-electron chi connectivity index (χ3n) is 5.32. The average Bonchev–Trinajstić information content (AvgIpc) is 3.30. The highest BCUT2D eigenvalue weighted by atomic mass is 32.2. The zero-order valence-electron chi connectivity index (χ0n) is 14.7. The topological polar surface area (TPSA) is 84.6 Å². The Kier molecular flexibility index (Phi) is 4.54. The predicted octanol–water partition coefficient (Wildman–Crippen LogP) is 3.25. The van der Waals surface area contributed by atoms with Gasteiger partial charge >= 0.3 is 0 Å². The van der Waals surface area contributed by atoms with Gasteiger partial charge in [0.15, 0.2) is 0 Å². The second-order valence-corrected chi connectivity index (χ2v) is 8.82. The van der Waals surface area contributed by atoms with Crippen LogP contribution in [-0.2, 0) is 35.6 Å². The maximum Gasteiger partial charge on any atom is 0.150 e. The average molecular weight is 369 g/mol. The first kappa shape index (κ1) is 17.2. The largest absolute Gasteiger partial charge is 0.365 e. The molecule has 2 aromatic rings. The first-order valence-electron chi connectivity index (χ1n) is 9.05. The van der Waals surface area contributed by atoms with Crippen LogP contribution in [0.4, 0.5) is 5.69 Å². The molecule has 5 nitrogen and oxygen atoms in total. The Hall–Kier alpha value is -2.18. The molecular formula is C20H23N3O2S. The molecule has 0 spiro atoms. The van der Waals surface area contributed by atoms with Crippen molar-refractivity contribution in [3.8, 4) is 0 Å². The fourth-order valence-corrected chi connectivity index (χ4v) is 5.07. The Morgan fingerprint density at radius 3 is 2.42 bits per heavy atom. The van der Waals surface area contributed by atoms with E-state index in [1.807, 2.05) is 0 Å². The fraction of sp³-hybridized carbons (Fsp3) is 0.350. The summed E-state index contributed by atoms with van der Waals surface area (Å²) in [5.41, 5.74) is 7.32. The van der Waals surface area contributed by atoms with Gasteiger partial charge in [-0.15, -0.1) is 0 Å². The van der Waals surface area contributed by atoms with Crippen LogP contribution in [0.3, 0.4) is 0 Å². The summed E-state index contributed by atoms with van der Waals surface area (Å²) in [6, 6.07) is 8.89. The number of benzene rings is 2. The lowest BCUT2D eigenvalue weighted by Crippen LogP contribution is -2.16. The van der Waals surface area contributed by atoms with Crippen molar-refractivity contribution in [2.45, 2.75) is 43.4 Å². The molecule has 1 atom stereocenters. The van der Waals surface area contributed by atoms with Crippen LogP contribution in [0.1, 0.15) is 45.5 Å². The minimum atomic E-state index is -3.04. The van der Waals surface area contributed by atoms with E-state index in [0.29, 0.717) is 16.7 Å². The van der Waals surface area contributed by atoms with E-state index < -0.39 is 9.92 Å². The van der Waals surface area contributed by atoms with Crippen LogP contribution in [0, 0.1) is 0 Å². The van der Waals surface area contributed by atoms with Gasteiger partial charge in [0.2, 0.25) is 0 Å². The number of nitrogens with zero attached hydrogens (tertiary/aromatic N) is 1. The molecule has 2 aliphatic carbocycles. The van der Waals surface area contributed by atoms with Gasteiger partial charge in [-0.1, -0.05) is 18.2 Å². The summed E-state index contributed by atoms with van der Waals surface area (Å²) < 4.78 is 17.0. The molecule has 0 radical (unpaired) electrons. The van der Waals surface area contributed by atoms with Gasteiger partial charge in [-0.25, -0.2) is 9.35 Å². The molecular weight excluding hydrogens is 346 g/mol. The van der Waals surface area contributed by atoms with Crippen molar-refractivity contribution in [1.82, 2.24) is 0 Å². The van der Waals surface area contributed by atoms with Gasteiger partial charge in [-0.05, 0) is 72.9 Å². The van der Waals surface area contributed by atoms with Gasteiger partial charge in [-0.3, -0.25) is 4.79 Å². The van der Waals surface area contributed by atoms with E-state index in [-0.39, 0.29) is 6.67 Å². The normalized spacial score (nSPS) is 17.3. The number of carbonyl (C=O) groups excluding carboxylic acids is 1. The van der Waals surface area contributed by atoms with Crippen LogP contribution < -0.4 is 10.5 Å².